The summed E-state index contributed by atoms with van der Waals surface area (Å²) in [5, 5.41) is 3.36. The van der Waals surface area contributed by atoms with E-state index in [0.29, 0.717) is 6.04 Å². The number of hydrogen-bond acceptors (Lipinski definition) is 3. The second kappa shape index (κ2) is 4.28. The molecule has 76 valence electrons. The Hall–Kier alpha value is -0.610. The maximum atomic E-state index is 5.46. The molecule has 2 rings (SSSR count). The van der Waals surface area contributed by atoms with Crippen LogP contribution in [0.4, 0.5) is 5.82 Å². The molecule has 1 aromatic rings. The smallest absolute Gasteiger partial charge is 0.126 e. The van der Waals surface area contributed by atoms with E-state index in [1.165, 1.54) is 0 Å². The Morgan fingerprint density at radius 3 is 3.00 bits per heavy atom. The lowest BCUT2D eigenvalue weighted by atomic mass is 10.1. The first-order chi connectivity index (χ1) is 6.75. The molecule has 0 amide bonds. The number of ether oxygens (including phenoxy) is 1. The van der Waals surface area contributed by atoms with Crippen LogP contribution < -0.4 is 5.32 Å². The number of nitrogens with zero attached hydrogens (tertiary/aromatic N) is 1. The molecule has 1 aliphatic heterocycles. The van der Waals surface area contributed by atoms with Gasteiger partial charge in [0.15, 0.2) is 0 Å². The van der Waals surface area contributed by atoms with Gasteiger partial charge in [0.1, 0.15) is 5.82 Å². The molecule has 14 heavy (non-hydrogen) atoms. The van der Waals surface area contributed by atoms with Gasteiger partial charge in [0.25, 0.3) is 0 Å². The van der Waals surface area contributed by atoms with E-state index in [-0.39, 0.29) is 6.10 Å². The summed E-state index contributed by atoms with van der Waals surface area (Å²) < 4.78 is 6.46. The first kappa shape index (κ1) is 9.93. The lowest BCUT2D eigenvalue weighted by Crippen LogP contribution is -2.26. The van der Waals surface area contributed by atoms with Crippen molar-refractivity contribution in [1.29, 1.82) is 0 Å². The monoisotopic (exact) mass is 256 g/mol. The molecule has 3 nitrogen and oxygen atoms in total. The van der Waals surface area contributed by atoms with Crippen LogP contribution in [0, 0.1) is 0 Å². The van der Waals surface area contributed by atoms with Gasteiger partial charge in [-0.3, -0.25) is 0 Å². The van der Waals surface area contributed by atoms with E-state index >= 15 is 0 Å². The zero-order valence-corrected chi connectivity index (χ0v) is 9.62. The van der Waals surface area contributed by atoms with E-state index < -0.39 is 0 Å². The molecule has 0 bridgehead atoms. The first-order valence-corrected chi connectivity index (χ1v) is 5.55. The molecule has 0 aliphatic carbocycles. The molecule has 1 aliphatic rings. The molecule has 2 atom stereocenters. The minimum absolute atomic E-state index is 0.278. The van der Waals surface area contributed by atoms with Crippen LogP contribution in [0.1, 0.15) is 13.3 Å². The third-order valence-corrected chi connectivity index (χ3v) is 2.91. The number of rotatable bonds is 2. The summed E-state index contributed by atoms with van der Waals surface area (Å²) in [6.45, 7) is 2.93. The average molecular weight is 257 g/mol. The zero-order valence-electron chi connectivity index (χ0n) is 8.03. The lowest BCUT2D eigenvalue weighted by molar-refractivity contribution is 0.121. The predicted molar refractivity (Wildman–Crippen MR) is 59.4 cm³/mol. The Balaban J connectivity index is 2.00. The Morgan fingerprint density at radius 1 is 1.57 bits per heavy atom. The number of nitrogens with one attached hydrogen (secondary N) is 1. The Bertz CT molecular complexity index is 301. The van der Waals surface area contributed by atoms with Gasteiger partial charge in [-0.15, -0.1) is 0 Å². The van der Waals surface area contributed by atoms with E-state index in [9.17, 15) is 0 Å². The van der Waals surface area contributed by atoms with Crippen molar-refractivity contribution in [3.8, 4) is 0 Å². The summed E-state index contributed by atoms with van der Waals surface area (Å²) in [4.78, 5) is 4.26. The summed E-state index contributed by atoms with van der Waals surface area (Å²) >= 11 is 3.36. The lowest BCUT2D eigenvalue weighted by Gasteiger charge is -2.16. The van der Waals surface area contributed by atoms with E-state index in [2.05, 4.69) is 33.2 Å². The van der Waals surface area contributed by atoms with E-state index in [1.54, 1.807) is 6.20 Å². The van der Waals surface area contributed by atoms with Gasteiger partial charge in [0.2, 0.25) is 0 Å². The number of hydrogen-bond donors (Lipinski definition) is 1. The molecule has 0 aromatic carbocycles. The molecule has 0 saturated carbocycles. The minimum Gasteiger partial charge on any atom is -0.376 e. The van der Waals surface area contributed by atoms with Crippen molar-refractivity contribution in [2.75, 3.05) is 11.9 Å². The molecule has 0 spiro atoms. The highest BCUT2D eigenvalue weighted by molar-refractivity contribution is 9.10. The Kier molecular flexibility index (Phi) is 3.03. The predicted octanol–water partition coefficient (Wildman–Crippen LogP) is 2.43. The maximum absolute atomic E-state index is 5.46. The first-order valence-electron chi connectivity index (χ1n) is 4.75. The van der Waals surface area contributed by atoms with Gasteiger partial charge >= 0.3 is 0 Å². The Labute approximate surface area is 92.0 Å². The van der Waals surface area contributed by atoms with Gasteiger partial charge in [-0.25, -0.2) is 4.98 Å². The highest BCUT2D eigenvalue weighted by atomic mass is 79.9. The number of pyridine rings is 1. The SMILES string of the molecule is C[C@H]1OCC[C@H]1Nc1ccc(Br)cn1. The van der Waals surface area contributed by atoms with E-state index in [4.69, 9.17) is 4.74 Å². The van der Waals surface area contributed by atoms with Crippen LogP contribution in [0.25, 0.3) is 0 Å². The molecule has 1 fully saturated rings. The number of aromatic nitrogens is 1. The van der Waals surface area contributed by atoms with Gasteiger partial charge in [0, 0.05) is 17.3 Å². The van der Waals surface area contributed by atoms with E-state index in [1.807, 2.05) is 12.1 Å². The summed E-state index contributed by atoms with van der Waals surface area (Å²) in [5.41, 5.74) is 0. The quantitative estimate of drug-likeness (QED) is 0.883. The van der Waals surface area contributed by atoms with E-state index in [0.717, 1.165) is 23.3 Å². The van der Waals surface area contributed by atoms with Crippen molar-refractivity contribution in [3.05, 3.63) is 22.8 Å². The summed E-state index contributed by atoms with van der Waals surface area (Å²) in [5.74, 6) is 0.913. The topological polar surface area (TPSA) is 34.1 Å². The van der Waals surface area contributed by atoms with Crippen molar-refractivity contribution in [3.63, 3.8) is 0 Å². The van der Waals surface area contributed by atoms with Crippen molar-refractivity contribution in [2.45, 2.75) is 25.5 Å². The fourth-order valence-electron chi connectivity index (χ4n) is 1.57. The molecule has 0 radical (unpaired) electrons. The molecular weight excluding hydrogens is 244 g/mol. The second-order valence-electron chi connectivity index (χ2n) is 3.48. The van der Waals surface area contributed by atoms with Crippen molar-refractivity contribution < 1.29 is 4.74 Å². The molecule has 1 saturated heterocycles. The van der Waals surface area contributed by atoms with Gasteiger partial charge in [-0.2, -0.15) is 0 Å². The zero-order chi connectivity index (χ0) is 9.97. The second-order valence-corrected chi connectivity index (χ2v) is 4.39. The van der Waals surface area contributed by atoms with Crippen LogP contribution in [0.5, 0.6) is 0 Å². The molecule has 1 N–H and O–H groups in total. The third-order valence-electron chi connectivity index (χ3n) is 2.44. The largest absolute Gasteiger partial charge is 0.376 e. The van der Waals surface area contributed by atoms with Gasteiger partial charge < -0.3 is 10.1 Å². The van der Waals surface area contributed by atoms with Crippen LogP contribution >= 0.6 is 15.9 Å². The molecule has 4 heteroatoms. The van der Waals surface area contributed by atoms with Crippen LogP contribution in [0.15, 0.2) is 22.8 Å². The van der Waals surface area contributed by atoms with Crippen molar-refractivity contribution in [1.82, 2.24) is 4.98 Å². The van der Waals surface area contributed by atoms with Crippen LogP contribution in [0.2, 0.25) is 0 Å². The molecule has 0 unspecified atom stereocenters. The number of halogens is 1. The summed E-state index contributed by atoms with van der Waals surface area (Å²) in [7, 11) is 0. The van der Waals surface area contributed by atoms with Crippen molar-refractivity contribution in [2.24, 2.45) is 0 Å². The molecule has 2 heterocycles. The summed E-state index contributed by atoms with van der Waals surface area (Å²) in [6.07, 6.45) is 3.13. The van der Waals surface area contributed by atoms with Crippen molar-refractivity contribution >= 4 is 21.7 Å². The molecular formula is C10H13BrN2O. The highest BCUT2D eigenvalue weighted by Gasteiger charge is 2.23. The average Bonchev–Trinajstić information content (AvgIpc) is 2.56. The van der Waals surface area contributed by atoms with Crippen LogP contribution in [0.3, 0.4) is 0 Å². The van der Waals surface area contributed by atoms with Crippen LogP contribution in [-0.2, 0) is 4.74 Å². The normalized spacial score (nSPS) is 26.4. The third kappa shape index (κ3) is 2.25. The van der Waals surface area contributed by atoms with Gasteiger partial charge in [0.05, 0.1) is 12.1 Å². The maximum Gasteiger partial charge on any atom is 0.126 e. The fraction of sp³-hybridized carbons (Fsp3) is 0.500. The highest BCUT2D eigenvalue weighted by Crippen LogP contribution is 2.18. The van der Waals surface area contributed by atoms with Gasteiger partial charge in [-0.1, -0.05) is 0 Å². The van der Waals surface area contributed by atoms with Crippen LogP contribution in [-0.4, -0.2) is 23.7 Å². The summed E-state index contributed by atoms with van der Waals surface area (Å²) in [6, 6.07) is 4.34. The fourth-order valence-corrected chi connectivity index (χ4v) is 1.81. The minimum atomic E-state index is 0.278. The molecule has 1 aromatic heterocycles. The standard InChI is InChI=1S/C10H13BrN2O/c1-7-9(4-5-14-7)13-10-3-2-8(11)6-12-10/h2-3,6-7,9H,4-5H2,1H3,(H,12,13)/t7-,9-/m1/s1. The number of anilines is 1. The Morgan fingerprint density at radius 2 is 2.43 bits per heavy atom. The van der Waals surface area contributed by atoms with Gasteiger partial charge in [-0.05, 0) is 41.4 Å².